The van der Waals surface area contributed by atoms with Crippen LogP contribution in [0.1, 0.15) is 34.7 Å². The van der Waals surface area contributed by atoms with Crippen LogP contribution in [0.15, 0.2) is 130 Å². The molecule has 4 aromatic carbocycles. The fourth-order valence-electron chi connectivity index (χ4n) is 6.77. The minimum Gasteiger partial charge on any atom is -0.436 e. The highest BCUT2D eigenvalue weighted by Crippen LogP contribution is 2.37. The normalized spacial score (nSPS) is 13.4. The van der Waals surface area contributed by atoms with Crippen molar-refractivity contribution in [2.24, 2.45) is 0 Å². The number of aryl methyl sites for hydroxylation is 2. The van der Waals surface area contributed by atoms with Crippen molar-refractivity contribution in [2.45, 2.75) is 25.7 Å². The van der Waals surface area contributed by atoms with Crippen LogP contribution in [0.25, 0.3) is 90.5 Å². The van der Waals surface area contributed by atoms with Gasteiger partial charge in [0.15, 0.2) is 17.2 Å². The van der Waals surface area contributed by atoms with Gasteiger partial charge >= 0.3 is 0 Å². The fourth-order valence-corrected chi connectivity index (χ4v) is 7.94. The molecule has 7 heteroatoms. The van der Waals surface area contributed by atoms with E-state index in [2.05, 4.69) is 83.9 Å². The Balaban J connectivity index is 1.01. The summed E-state index contributed by atoms with van der Waals surface area (Å²) in [7, 11) is 0. The van der Waals surface area contributed by atoms with Gasteiger partial charge in [-0.15, -0.1) is 11.3 Å². The highest BCUT2D eigenvalue weighted by molar-refractivity contribution is 7.15. The van der Waals surface area contributed by atoms with Crippen molar-refractivity contribution in [2.75, 3.05) is 0 Å². The molecule has 0 amide bonds. The third kappa shape index (κ3) is 5.62. The van der Waals surface area contributed by atoms with Crippen LogP contribution >= 0.6 is 11.3 Å². The number of thiophene rings is 1. The van der Waals surface area contributed by atoms with Crippen LogP contribution in [0, 0.1) is 0 Å². The summed E-state index contributed by atoms with van der Waals surface area (Å²) in [6.07, 6.45) is 12.8. The van der Waals surface area contributed by atoms with E-state index in [-0.39, 0.29) is 0 Å². The Morgan fingerprint density at radius 2 is 1.16 bits per heavy atom. The molecule has 0 N–H and O–H groups in total. The molecule has 0 saturated heterocycles. The molecule has 244 valence electrons. The van der Waals surface area contributed by atoms with Crippen LogP contribution < -0.4 is 0 Å². The molecule has 0 unspecified atom stereocenters. The Bertz CT molecular complexity index is 2470. The van der Waals surface area contributed by atoms with Crippen LogP contribution in [0.4, 0.5) is 0 Å². The number of rotatable bonds is 6. The van der Waals surface area contributed by atoms with E-state index in [4.69, 9.17) is 23.8 Å². The maximum atomic E-state index is 6.08. The molecule has 0 saturated carbocycles. The quantitative estimate of drug-likeness (QED) is 0.174. The number of hydrogen-bond acceptors (Lipinski definition) is 7. The highest BCUT2D eigenvalue weighted by atomic mass is 32.1. The number of allylic oxidation sites excluding steroid dienone is 2. The first-order valence-corrected chi connectivity index (χ1v) is 18.0. The monoisotopic (exact) mass is 678 g/mol. The summed E-state index contributed by atoms with van der Waals surface area (Å²) in [4.78, 5) is 22.4. The minimum atomic E-state index is 0.587. The Hall–Kier alpha value is -6.18. The van der Waals surface area contributed by atoms with E-state index in [1.54, 1.807) is 0 Å². The van der Waals surface area contributed by atoms with E-state index in [1.165, 1.54) is 20.9 Å². The third-order valence-electron chi connectivity index (χ3n) is 9.52. The summed E-state index contributed by atoms with van der Waals surface area (Å²) in [5.74, 6) is 2.73. The maximum Gasteiger partial charge on any atom is 0.227 e. The predicted octanol–water partition coefficient (Wildman–Crippen LogP) is 11.6. The topological polar surface area (TPSA) is 77.8 Å². The first-order chi connectivity index (χ1) is 25.2. The summed E-state index contributed by atoms with van der Waals surface area (Å²) >= 11 is 1.89. The number of aromatic nitrogens is 4. The molecule has 0 fully saturated rings. The lowest BCUT2D eigenvalue weighted by atomic mass is 10.0. The first kappa shape index (κ1) is 29.7. The Morgan fingerprint density at radius 1 is 0.529 bits per heavy atom. The number of benzene rings is 4. The number of hydrogen-bond donors (Lipinski definition) is 0. The molecule has 0 atom stereocenters. The van der Waals surface area contributed by atoms with Crippen molar-refractivity contribution in [3.8, 4) is 67.3 Å². The number of para-hydroxylation sites is 2. The van der Waals surface area contributed by atoms with E-state index < -0.39 is 0 Å². The van der Waals surface area contributed by atoms with Gasteiger partial charge in [-0.2, -0.15) is 0 Å². The summed E-state index contributed by atoms with van der Waals surface area (Å²) in [5.41, 5.74) is 11.6. The third-order valence-corrected chi connectivity index (χ3v) is 10.8. The van der Waals surface area contributed by atoms with Gasteiger partial charge in [-0.25, -0.2) is 19.9 Å². The molecule has 8 aromatic rings. The second-order valence-corrected chi connectivity index (χ2v) is 14.0. The molecule has 0 radical (unpaired) electrons. The lowest BCUT2D eigenvalue weighted by Crippen LogP contribution is -1.96. The molecular weight excluding hydrogens is 649 g/mol. The molecular formula is C44H30N4O2S. The van der Waals surface area contributed by atoms with Gasteiger partial charge in [0, 0.05) is 37.6 Å². The lowest BCUT2D eigenvalue weighted by Gasteiger charge is -2.10. The average molecular weight is 679 g/mol. The van der Waals surface area contributed by atoms with Gasteiger partial charge in [0.05, 0.1) is 17.1 Å². The number of nitrogens with zero attached hydrogens (tertiary/aromatic N) is 4. The zero-order valence-corrected chi connectivity index (χ0v) is 28.4. The van der Waals surface area contributed by atoms with Gasteiger partial charge in [-0.05, 0) is 91.4 Å². The van der Waals surface area contributed by atoms with Gasteiger partial charge in [-0.3, -0.25) is 0 Å². The second kappa shape index (κ2) is 12.3. The van der Waals surface area contributed by atoms with Gasteiger partial charge in [0.1, 0.15) is 5.52 Å². The van der Waals surface area contributed by atoms with E-state index in [9.17, 15) is 0 Å². The predicted molar refractivity (Wildman–Crippen MR) is 205 cm³/mol. The average Bonchev–Trinajstić information content (AvgIpc) is 3.95. The van der Waals surface area contributed by atoms with Crippen LogP contribution in [0.3, 0.4) is 0 Å². The molecule has 51 heavy (non-hydrogen) atoms. The minimum absolute atomic E-state index is 0.587. The molecule has 4 heterocycles. The number of oxazole rings is 2. The Labute approximate surface area is 298 Å². The zero-order chi connectivity index (χ0) is 33.7. The van der Waals surface area contributed by atoms with Crippen LogP contribution in [0.5, 0.6) is 0 Å². The molecule has 10 rings (SSSR count). The van der Waals surface area contributed by atoms with Crippen molar-refractivity contribution in [1.29, 1.82) is 0 Å². The summed E-state index contributed by atoms with van der Waals surface area (Å²) in [6, 6.07) is 37.3. The van der Waals surface area contributed by atoms with Gasteiger partial charge < -0.3 is 8.83 Å². The summed E-state index contributed by atoms with van der Waals surface area (Å²) in [6.45, 7) is 0. The largest absolute Gasteiger partial charge is 0.436 e. The highest BCUT2D eigenvalue weighted by Gasteiger charge is 2.17. The van der Waals surface area contributed by atoms with Gasteiger partial charge in [0.25, 0.3) is 0 Å². The zero-order valence-electron chi connectivity index (χ0n) is 27.5. The molecule has 2 aliphatic carbocycles. The standard InChI is InChI=1S/C44H30N4O2S/c1-6-12-40-33(7-1)25-41(51-40)29-17-13-27(14-18-29)36-26-37(28-15-21-31(22-16-28)43-47-34-8-2-4-10-38(34)49-43)46-42(45-36)30-19-23-32(24-20-30)44-48-35-9-3-5-11-39(35)50-44/h1,3-5,7,9-11,13-26H,2,6,8,12H2. The van der Waals surface area contributed by atoms with Crippen molar-refractivity contribution in [3.63, 3.8) is 0 Å². The smallest absolute Gasteiger partial charge is 0.227 e. The molecule has 4 aromatic heterocycles. The van der Waals surface area contributed by atoms with E-state index in [0.29, 0.717) is 17.6 Å². The lowest BCUT2D eigenvalue weighted by molar-refractivity contribution is 0.560. The summed E-state index contributed by atoms with van der Waals surface area (Å²) < 4.78 is 12.1. The van der Waals surface area contributed by atoms with Crippen molar-refractivity contribution in [3.05, 3.63) is 143 Å². The number of fused-ring (bicyclic) bond motifs is 3. The van der Waals surface area contributed by atoms with Crippen LogP contribution in [-0.2, 0) is 12.8 Å². The van der Waals surface area contributed by atoms with Gasteiger partial charge in [-0.1, -0.05) is 78.9 Å². The van der Waals surface area contributed by atoms with Crippen LogP contribution in [-0.4, -0.2) is 19.9 Å². The van der Waals surface area contributed by atoms with E-state index >= 15 is 0 Å². The summed E-state index contributed by atoms with van der Waals surface area (Å²) in [5, 5.41) is 0. The van der Waals surface area contributed by atoms with E-state index in [0.717, 1.165) is 87.4 Å². The van der Waals surface area contributed by atoms with Crippen molar-refractivity contribution >= 4 is 34.6 Å². The van der Waals surface area contributed by atoms with Crippen LogP contribution in [0.2, 0.25) is 0 Å². The van der Waals surface area contributed by atoms with E-state index in [1.807, 2.05) is 65.9 Å². The SMILES string of the molecule is C1=Cc2oc(-c3ccc(-c4cc(-c5ccc(-c6cc7c(s6)CCC=C7)cc5)nc(-c5ccc(-c6nc7ccccc7o6)cc5)n4)cc3)nc2CC1. The molecule has 0 spiro atoms. The molecule has 0 aliphatic heterocycles. The fraction of sp³-hybridized carbons (Fsp3) is 0.0909. The Kier molecular flexibility index (Phi) is 7.17. The Morgan fingerprint density at radius 3 is 1.86 bits per heavy atom. The molecule has 0 bridgehead atoms. The van der Waals surface area contributed by atoms with Crippen molar-refractivity contribution < 1.29 is 8.83 Å². The second-order valence-electron chi connectivity index (χ2n) is 12.9. The van der Waals surface area contributed by atoms with Crippen molar-refractivity contribution in [1.82, 2.24) is 19.9 Å². The molecule has 2 aliphatic rings. The maximum absolute atomic E-state index is 6.08. The van der Waals surface area contributed by atoms with Gasteiger partial charge in [0.2, 0.25) is 11.8 Å². The molecule has 6 nitrogen and oxygen atoms in total. The first-order valence-electron chi connectivity index (χ1n) is 17.2.